The van der Waals surface area contributed by atoms with Crippen LogP contribution < -0.4 is 22.5 Å². The van der Waals surface area contributed by atoms with Crippen molar-refractivity contribution in [3.8, 4) is 0 Å². The van der Waals surface area contributed by atoms with Crippen LogP contribution in [-0.4, -0.2) is 56.7 Å². The molecule has 16 heavy (non-hydrogen) atoms. The molecule has 0 aromatic heterocycles. The van der Waals surface area contributed by atoms with Crippen molar-refractivity contribution in [3.05, 3.63) is 0 Å². The number of aliphatic hydroxyl groups excluding tert-OH is 4. The Morgan fingerprint density at radius 1 is 0.812 bits per heavy atom. The predicted octanol–water partition coefficient (Wildman–Crippen LogP) is -5.59. The van der Waals surface area contributed by atoms with Crippen LogP contribution in [0, 0.1) is 0 Å². The first kappa shape index (κ1) is 14.7. The van der Waals surface area contributed by atoms with Gasteiger partial charge in [0.1, 0.15) is 12.2 Å². The van der Waals surface area contributed by atoms with E-state index >= 15 is 0 Å². The summed E-state index contributed by atoms with van der Waals surface area (Å²) in [6, 6.07) is 0. The van der Waals surface area contributed by atoms with Crippen molar-refractivity contribution in [1.29, 1.82) is 0 Å². The lowest BCUT2D eigenvalue weighted by Gasteiger charge is -2.24. The summed E-state index contributed by atoms with van der Waals surface area (Å²) >= 11 is 0. The van der Waals surface area contributed by atoms with E-state index in [4.69, 9.17) is 10.2 Å². The van der Waals surface area contributed by atoms with Crippen LogP contribution >= 0.6 is 0 Å². The van der Waals surface area contributed by atoms with E-state index in [-0.39, 0.29) is 0 Å². The van der Waals surface area contributed by atoms with Crippen molar-refractivity contribution < 1.29 is 30.0 Å². The second-order valence-electron chi connectivity index (χ2n) is 2.89. The van der Waals surface area contributed by atoms with Crippen molar-refractivity contribution in [2.45, 2.75) is 24.4 Å². The molecule has 0 spiro atoms. The Hall–Kier alpha value is -1.30. The number of hydrazine groups is 2. The molecule has 0 aliphatic heterocycles. The van der Waals surface area contributed by atoms with E-state index in [9.17, 15) is 19.8 Å². The minimum atomic E-state index is -2.10. The molecule has 0 saturated carbocycles. The second kappa shape index (κ2) is 6.32. The van der Waals surface area contributed by atoms with Crippen LogP contribution in [0.25, 0.3) is 0 Å². The van der Waals surface area contributed by atoms with E-state index in [1.54, 1.807) is 0 Å². The molecule has 0 fully saturated rings. The molecular weight excluding hydrogens is 224 g/mol. The highest BCUT2D eigenvalue weighted by Gasteiger charge is 2.36. The van der Waals surface area contributed by atoms with Gasteiger partial charge in [-0.2, -0.15) is 0 Å². The lowest BCUT2D eigenvalue weighted by molar-refractivity contribution is -0.155. The molecule has 0 heterocycles. The molecule has 0 aliphatic rings. The summed E-state index contributed by atoms with van der Waals surface area (Å²) in [5, 5.41) is 36.6. The van der Waals surface area contributed by atoms with Crippen molar-refractivity contribution in [3.63, 3.8) is 0 Å². The first-order chi connectivity index (χ1) is 7.36. The Balaban J connectivity index is 4.54. The van der Waals surface area contributed by atoms with Crippen molar-refractivity contribution in [2.75, 3.05) is 0 Å². The van der Waals surface area contributed by atoms with Crippen molar-refractivity contribution >= 4 is 11.8 Å². The van der Waals surface area contributed by atoms with Gasteiger partial charge in [0.25, 0.3) is 11.8 Å². The number of amides is 2. The minimum absolute atomic E-state index is 1.19. The fraction of sp³-hybridized carbons (Fsp3) is 0.667. The van der Waals surface area contributed by atoms with Gasteiger partial charge in [0, 0.05) is 0 Å². The highest BCUT2D eigenvalue weighted by molar-refractivity contribution is 5.82. The van der Waals surface area contributed by atoms with E-state index in [0.29, 0.717) is 0 Å². The summed E-state index contributed by atoms with van der Waals surface area (Å²) in [6.45, 7) is 0. The number of carbonyl (C=O) groups excluding carboxylic acids is 2. The number of nitrogens with one attached hydrogen (secondary N) is 2. The average Bonchev–Trinajstić information content (AvgIpc) is 2.32. The second-order valence-corrected chi connectivity index (χ2v) is 2.89. The van der Waals surface area contributed by atoms with Gasteiger partial charge in [-0.05, 0) is 0 Å². The van der Waals surface area contributed by atoms with Gasteiger partial charge in [-0.1, -0.05) is 0 Å². The summed E-state index contributed by atoms with van der Waals surface area (Å²) in [7, 11) is 0. The van der Waals surface area contributed by atoms with Gasteiger partial charge >= 0.3 is 0 Å². The van der Waals surface area contributed by atoms with E-state index in [0.717, 1.165) is 0 Å². The first-order valence-corrected chi connectivity index (χ1v) is 4.10. The summed E-state index contributed by atoms with van der Waals surface area (Å²) in [5.74, 6) is 6.94. The van der Waals surface area contributed by atoms with E-state index < -0.39 is 36.2 Å². The molecule has 0 saturated heterocycles. The Morgan fingerprint density at radius 2 is 1.06 bits per heavy atom. The molecule has 0 aliphatic carbocycles. The number of aliphatic hydroxyl groups is 4. The molecule has 10 N–H and O–H groups in total. The van der Waals surface area contributed by atoms with E-state index in [1.807, 2.05) is 0 Å². The van der Waals surface area contributed by atoms with Gasteiger partial charge in [0.05, 0.1) is 0 Å². The summed E-state index contributed by atoms with van der Waals surface area (Å²) < 4.78 is 0. The van der Waals surface area contributed by atoms with Gasteiger partial charge < -0.3 is 20.4 Å². The molecular formula is C6H14N4O6. The fourth-order valence-electron chi connectivity index (χ4n) is 0.854. The number of hydrogen-bond acceptors (Lipinski definition) is 8. The molecule has 2 amide bonds. The van der Waals surface area contributed by atoms with Crippen LogP contribution in [0.2, 0.25) is 0 Å². The zero-order chi connectivity index (χ0) is 12.9. The molecule has 10 heteroatoms. The molecule has 94 valence electrons. The van der Waals surface area contributed by atoms with Crippen LogP contribution in [-0.2, 0) is 9.59 Å². The number of rotatable bonds is 5. The molecule has 10 nitrogen and oxygen atoms in total. The molecule has 0 bridgehead atoms. The fourth-order valence-corrected chi connectivity index (χ4v) is 0.854. The third-order valence-electron chi connectivity index (χ3n) is 1.82. The van der Waals surface area contributed by atoms with E-state index in [1.165, 1.54) is 10.9 Å². The lowest BCUT2D eigenvalue weighted by Crippen LogP contribution is -2.55. The van der Waals surface area contributed by atoms with Crippen molar-refractivity contribution in [1.82, 2.24) is 10.9 Å². The quantitative estimate of drug-likeness (QED) is 0.132. The summed E-state index contributed by atoms with van der Waals surface area (Å²) in [4.78, 5) is 21.5. The third kappa shape index (κ3) is 3.37. The molecule has 0 aromatic carbocycles. The van der Waals surface area contributed by atoms with Crippen LogP contribution in [0.3, 0.4) is 0 Å². The number of nitrogens with two attached hydrogens (primary N) is 2. The van der Waals surface area contributed by atoms with Gasteiger partial charge in [-0.15, -0.1) is 0 Å². The predicted molar refractivity (Wildman–Crippen MR) is 48.7 cm³/mol. The maximum absolute atomic E-state index is 10.8. The Labute approximate surface area is 89.8 Å². The molecule has 0 radical (unpaired) electrons. The number of hydrogen-bond donors (Lipinski definition) is 8. The zero-order valence-corrected chi connectivity index (χ0v) is 8.07. The minimum Gasteiger partial charge on any atom is -0.387 e. The van der Waals surface area contributed by atoms with Crippen LogP contribution in [0.4, 0.5) is 0 Å². The van der Waals surface area contributed by atoms with Crippen LogP contribution in [0.1, 0.15) is 0 Å². The standard InChI is InChI=1S/C6H14N4O6/c7-9-5(15)3(13)1(11)2(12)4(14)6(16)10-8/h1-4,11-14H,7-8H2,(H,9,15)(H,10,16)/t1-,2-,3-,4+/m0/s1. The lowest BCUT2D eigenvalue weighted by atomic mass is 10.0. The van der Waals surface area contributed by atoms with Gasteiger partial charge in [-0.3, -0.25) is 20.4 Å². The van der Waals surface area contributed by atoms with Crippen molar-refractivity contribution in [2.24, 2.45) is 11.7 Å². The van der Waals surface area contributed by atoms with Crippen LogP contribution in [0.15, 0.2) is 0 Å². The average molecular weight is 238 g/mol. The molecule has 0 rings (SSSR count). The van der Waals surface area contributed by atoms with E-state index in [2.05, 4.69) is 11.7 Å². The maximum atomic E-state index is 10.8. The molecule has 0 unspecified atom stereocenters. The van der Waals surface area contributed by atoms with Gasteiger partial charge in [0.2, 0.25) is 0 Å². The monoisotopic (exact) mass is 238 g/mol. The Morgan fingerprint density at radius 3 is 1.25 bits per heavy atom. The highest BCUT2D eigenvalue weighted by atomic mass is 16.4. The van der Waals surface area contributed by atoms with Gasteiger partial charge in [0.15, 0.2) is 12.2 Å². The molecule has 4 atom stereocenters. The topological polar surface area (TPSA) is 191 Å². The summed E-state index contributed by atoms with van der Waals surface area (Å²) in [5.41, 5.74) is 3.03. The highest BCUT2D eigenvalue weighted by Crippen LogP contribution is 2.05. The zero-order valence-electron chi connectivity index (χ0n) is 8.07. The Kier molecular flexibility index (Phi) is 5.81. The first-order valence-electron chi connectivity index (χ1n) is 4.10. The van der Waals surface area contributed by atoms with Crippen LogP contribution in [0.5, 0.6) is 0 Å². The smallest absolute Gasteiger partial charge is 0.265 e. The third-order valence-corrected chi connectivity index (χ3v) is 1.82. The SMILES string of the molecule is NNC(=O)[C@@H](O)[C@@H](O)[C@H](O)[C@@H](O)C(=O)NN. The normalized spacial score (nSPS) is 18.1. The molecule has 0 aromatic rings. The van der Waals surface area contributed by atoms with Gasteiger partial charge in [-0.25, -0.2) is 11.7 Å². The Bertz CT molecular complexity index is 235. The summed E-state index contributed by atoms with van der Waals surface area (Å²) in [6.07, 6.45) is -8.40. The maximum Gasteiger partial charge on any atom is 0.265 e. The number of carbonyl (C=O) groups is 2. The largest absolute Gasteiger partial charge is 0.387 e.